The number of hydrogen-bond donors (Lipinski definition) is 3. The van der Waals surface area contributed by atoms with E-state index >= 15 is 0 Å². The molecule has 1 aromatic heterocycles. The number of terminal acetylenes is 1. The number of benzene rings is 2. The number of carbonyl (C=O) groups is 2. The molecule has 1 atom stereocenters. The van der Waals surface area contributed by atoms with Gasteiger partial charge >= 0.3 is 0 Å². The summed E-state index contributed by atoms with van der Waals surface area (Å²) in [5, 5.41) is 9.41. The van der Waals surface area contributed by atoms with Crippen molar-refractivity contribution < 1.29 is 18.0 Å². The molecule has 3 N–H and O–H groups in total. The summed E-state index contributed by atoms with van der Waals surface area (Å²) in [4.78, 5) is 28.6. The molecule has 0 saturated carbocycles. The van der Waals surface area contributed by atoms with Gasteiger partial charge in [-0.25, -0.2) is 18.1 Å². The Balaban J connectivity index is 1.60. The zero-order valence-electron chi connectivity index (χ0n) is 17.0. The van der Waals surface area contributed by atoms with Crippen molar-refractivity contribution in [3.05, 3.63) is 66.7 Å². The SMILES string of the molecule is C#CCNS(=O)(=O)c1ccc(C(=O)Nc2ccc(NC(=O)C(C)n3cncn3)cc2)cc1. The highest BCUT2D eigenvalue weighted by Gasteiger charge is 2.16. The Morgan fingerprint density at radius 3 is 2.25 bits per heavy atom. The van der Waals surface area contributed by atoms with E-state index in [1.54, 1.807) is 31.2 Å². The molecule has 10 nitrogen and oxygen atoms in total. The van der Waals surface area contributed by atoms with E-state index in [1.807, 2.05) is 0 Å². The molecule has 2 amide bonds. The number of nitrogens with one attached hydrogen (secondary N) is 3. The summed E-state index contributed by atoms with van der Waals surface area (Å²) in [5.41, 5.74) is 1.33. The van der Waals surface area contributed by atoms with Gasteiger partial charge in [0.15, 0.2) is 0 Å². The smallest absolute Gasteiger partial charge is 0.255 e. The standard InChI is InChI=1S/C21H20N6O4S/c1-3-12-24-32(30,31)19-10-4-16(5-11-19)21(29)26-18-8-6-17(7-9-18)25-20(28)15(2)27-14-22-13-23-27/h1,4-11,13-15,24H,12H2,2H3,(H,25,28)(H,26,29). The highest BCUT2D eigenvalue weighted by molar-refractivity contribution is 7.89. The minimum absolute atomic E-state index is 0.00418. The Hall–Kier alpha value is -4.01. The van der Waals surface area contributed by atoms with Gasteiger partial charge in [-0.15, -0.1) is 6.42 Å². The summed E-state index contributed by atoms with van der Waals surface area (Å²) < 4.78 is 27.8. The second-order valence-corrected chi connectivity index (χ2v) is 8.39. The van der Waals surface area contributed by atoms with E-state index in [0.717, 1.165) is 0 Å². The molecule has 0 aliphatic heterocycles. The molecule has 32 heavy (non-hydrogen) atoms. The summed E-state index contributed by atoms with van der Waals surface area (Å²) in [5.74, 6) is 1.51. The van der Waals surface area contributed by atoms with E-state index in [1.165, 1.54) is 41.6 Å². The van der Waals surface area contributed by atoms with Crippen molar-refractivity contribution in [1.82, 2.24) is 19.5 Å². The van der Waals surface area contributed by atoms with Crippen molar-refractivity contribution in [1.29, 1.82) is 0 Å². The Morgan fingerprint density at radius 2 is 1.69 bits per heavy atom. The maximum atomic E-state index is 12.4. The quantitative estimate of drug-likeness (QED) is 0.445. The van der Waals surface area contributed by atoms with Crippen LogP contribution in [0.5, 0.6) is 0 Å². The van der Waals surface area contributed by atoms with Crippen molar-refractivity contribution in [3.63, 3.8) is 0 Å². The first-order valence-electron chi connectivity index (χ1n) is 9.40. The van der Waals surface area contributed by atoms with E-state index in [9.17, 15) is 18.0 Å². The van der Waals surface area contributed by atoms with Gasteiger partial charge in [-0.3, -0.25) is 9.59 Å². The third-order valence-corrected chi connectivity index (χ3v) is 5.83. The van der Waals surface area contributed by atoms with Crippen molar-refractivity contribution in [3.8, 4) is 12.3 Å². The van der Waals surface area contributed by atoms with Crippen LogP contribution in [0.15, 0.2) is 66.1 Å². The Morgan fingerprint density at radius 1 is 1.06 bits per heavy atom. The van der Waals surface area contributed by atoms with Crippen molar-refractivity contribution >= 4 is 33.2 Å². The van der Waals surface area contributed by atoms with Crippen LogP contribution in [0.2, 0.25) is 0 Å². The fourth-order valence-electron chi connectivity index (χ4n) is 2.63. The monoisotopic (exact) mass is 452 g/mol. The Labute approximate surface area is 185 Å². The molecule has 0 fully saturated rings. The van der Waals surface area contributed by atoms with E-state index in [0.29, 0.717) is 11.4 Å². The van der Waals surface area contributed by atoms with Gasteiger partial charge in [0.2, 0.25) is 15.9 Å². The molecule has 164 valence electrons. The molecular weight excluding hydrogens is 432 g/mol. The summed E-state index contributed by atoms with van der Waals surface area (Å²) in [6, 6.07) is 11.5. The first-order chi connectivity index (χ1) is 15.3. The van der Waals surface area contributed by atoms with Crippen molar-refractivity contribution in [2.45, 2.75) is 17.9 Å². The topological polar surface area (TPSA) is 135 Å². The number of sulfonamides is 1. The predicted molar refractivity (Wildman–Crippen MR) is 118 cm³/mol. The van der Waals surface area contributed by atoms with Crippen LogP contribution in [0.1, 0.15) is 23.3 Å². The maximum absolute atomic E-state index is 12.4. The van der Waals surface area contributed by atoms with Gasteiger partial charge in [-0.1, -0.05) is 5.92 Å². The van der Waals surface area contributed by atoms with E-state index in [4.69, 9.17) is 6.42 Å². The third kappa shape index (κ3) is 5.57. The fourth-order valence-corrected chi connectivity index (χ4v) is 3.56. The number of carbonyl (C=O) groups excluding carboxylic acids is 2. The van der Waals surface area contributed by atoms with Gasteiger partial charge in [0, 0.05) is 16.9 Å². The molecule has 0 aliphatic carbocycles. The highest BCUT2D eigenvalue weighted by atomic mass is 32.2. The Bertz CT molecular complexity index is 1230. The second-order valence-electron chi connectivity index (χ2n) is 6.63. The first kappa shape index (κ1) is 22.7. The average Bonchev–Trinajstić information content (AvgIpc) is 3.33. The second kappa shape index (κ2) is 9.86. The van der Waals surface area contributed by atoms with Crippen LogP contribution < -0.4 is 15.4 Å². The summed E-state index contributed by atoms with van der Waals surface area (Å²) in [6.45, 7) is 1.57. The van der Waals surface area contributed by atoms with E-state index in [2.05, 4.69) is 31.4 Å². The van der Waals surface area contributed by atoms with Crippen molar-refractivity contribution in [2.24, 2.45) is 0 Å². The number of amides is 2. The number of nitrogens with zero attached hydrogens (tertiary/aromatic N) is 3. The lowest BCUT2D eigenvalue weighted by Crippen LogP contribution is -2.24. The molecular formula is C21H20N6O4S. The normalized spacial score (nSPS) is 11.9. The van der Waals surface area contributed by atoms with Gasteiger partial charge in [-0.2, -0.15) is 9.82 Å². The van der Waals surface area contributed by atoms with Gasteiger partial charge in [0.1, 0.15) is 18.7 Å². The van der Waals surface area contributed by atoms with Crippen LogP contribution in [-0.2, 0) is 14.8 Å². The lowest BCUT2D eigenvalue weighted by Gasteiger charge is -2.12. The minimum Gasteiger partial charge on any atom is -0.324 e. The van der Waals surface area contributed by atoms with Crippen LogP contribution in [-0.4, -0.2) is 41.5 Å². The molecule has 3 aromatic rings. The molecule has 3 rings (SSSR count). The molecule has 1 heterocycles. The van der Waals surface area contributed by atoms with Crippen LogP contribution in [0.25, 0.3) is 0 Å². The third-order valence-electron chi connectivity index (χ3n) is 4.41. The largest absolute Gasteiger partial charge is 0.324 e. The molecule has 0 aliphatic rings. The van der Waals surface area contributed by atoms with Gasteiger partial charge in [0.05, 0.1) is 11.4 Å². The summed E-state index contributed by atoms with van der Waals surface area (Å²) in [6.07, 6.45) is 7.87. The van der Waals surface area contributed by atoms with Crippen LogP contribution in [0.4, 0.5) is 11.4 Å². The zero-order chi connectivity index (χ0) is 23.1. The Kier molecular flexibility index (Phi) is 6.99. The number of aromatic nitrogens is 3. The molecule has 11 heteroatoms. The molecule has 2 aromatic carbocycles. The van der Waals surface area contributed by atoms with Gasteiger partial charge in [0.25, 0.3) is 5.91 Å². The molecule has 0 spiro atoms. The van der Waals surface area contributed by atoms with E-state index in [-0.39, 0.29) is 22.9 Å². The van der Waals surface area contributed by atoms with Gasteiger partial charge in [-0.05, 0) is 55.5 Å². The number of rotatable bonds is 8. The lowest BCUT2D eigenvalue weighted by atomic mass is 10.2. The summed E-state index contributed by atoms with van der Waals surface area (Å²) >= 11 is 0. The van der Waals surface area contributed by atoms with Crippen LogP contribution in [0.3, 0.4) is 0 Å². The molecule has 0 bridgehead atoms. The number of hydrogen-bond acceptors (Lipinski definition) is 6. The molecule has 0 radical (unpaired) electrons. The zero-order valence-corrected chi connectivity index (χ0v) is 17.8. The highest BCUT2D eigenvalue weighted by Crippen LogP contribution is 2.17. The van der Waals surface area contributed by atoms with Gasteiger partial charge < -0.3 is 10.6 Å². The fraction of sp³-hybridized carbons (Fsp3) is 0.143. The maximum Gasteiger partial charge on any atom is 0.255 e. The summed E-state index contributed by atoms with van der Waals surface area (Å²) in [7, 11) is -3.73. The molecule has 0 saturated heterocycles. The van der Waals surface area contributed by atoms with E-state index < -0.39 is 22.0 Å². The van der Waals surface area contributed by atoms with Crippen molar-refractivity contribution in [2.75, 3.05) is 17.2 Å². The minimum atomic E-state index is -3.73. The average molecular weight is 452 g/mol. The lowest BCUT2D eigenvalue weighted by molar-refractivity contribution is -0.119. The van der Waals surface area contributed by atoms with Crippen LogP contribution in [0, 0.1) is 12.3 Å². The predicted octanol–water partition coefficient (Wildman–Crippen LogP) is 1.64. The molecule has 1 unspecified atom stereocenters. The first-order valence-corrected chi connectivity index (χ1v) is 10.9. The number of anilines is 2. The van der Waals surface area contributed by atoms with Crippen LogP contribution >= 0.6 is 0 Å².